The Bertz CT molecular complexity index is 399. The highest BCUT2D eigenvalue weighted by Gasteiger charge is 2.15. The van der Waals surface area contributed by atoms with E-state index in [0.717, 1.165) is 26.1 Å². The fourth-order valence-corrected chi connectivity index (χ4v) is 2.58. The third kappa shape index (κ3) is 4.93. The summed E-state index contributed by atoms with van der Waals surface area (Å²) in [6, 6.07) is 4.01. The fourth-order valence-electron chi connectivity index (χ4n) is 2.58. The van der Waals surface area contributed by atoms with E-state index >= 15 is 0 Å². The van der Waals surface area contributed by atoms with Crippen molar-refractivity contribution in [2.75, 3.05) is 33.2 Å². The van der Waals surface area contributed by atoms with Crippen LogP contribution in [0.1, 0.15) is 31.2 Å². The molecule has 2 rings (SSSR count). The fraction of sp³-hybridized carbons (Fsp3) is 0.625. The largest absolute Gasteiger partial charge is 0.344 e. The van der Waals surface area contributed by atoms with Gasteiger partial charge in [0.25, 0.3) is 0 Å². The van der Waals surface area contributed by atoms with E-state index in [4.69, 9.17) is 0 Å². The summed E-state index contributed by atoms with van der Waals surface area (Å²) in [4.78, 5) is 20.4. The zero-order chi connectivity index (χ0) is 14.2. The maximum Gasteiger partial charge on any atom is 0.236 e. The Kier molecular flexibility index (Phi) is 5.99. The first kappa shape index (κ1) is 15.0. The van der Waals surface area contributed by atoms with E-state index in [9.17, 15) is 4.79 Å². The number of carbonyl (C=O) groups excluding carboxylic acids is 1. The third-order valence-corrected chi connectivity index (χ3v) is 3.97. The number of nitrogens with zero attached hydrogens (tertiary/aromatic N) is 3. The van der Waals surface area contributed by atoms with Crippen LogP contribution in [0.15, 0.2) is 24.5 Å². The molecule has 1 aliphatic rings. The zero-order valence-electron chi connectivity index (χ0n) is 12.4. The average Bonchev–Trinajstić information content (AvgIpc) is 2.74. The highest BCUT2D eigenvalue weighted by Crippen LogP contribution is 2.09. The number of likely N-dealkylation sites (tertiary alicyclic amines) is 1. The van der Waals surface area contributed by atoms with Crippen molar-refractivity contribution < 1.29 is 4.79 Å². The monoisotopic (exact) mass is 275 g/mol. The Morgan fingerprint density at radius 3 is 2.50 bits per heavy atom. The number of hydrogen-bond acceptors (Lipinski definition) is 3. The van der Waals surface area contributed by atoms with Gasteiger partial charge in [0.15, 0.2) is 0 Å². The van der Waals surface area contributed by atoms with Gasteiger partial charge in [-0.3, -0.25) is 14.7 Å². The molecule has 1 aromatic heterocycles. The summed E-state index contributed by atoms with van der Waals surface area (Å²) in [5.41, 5.74) is 1.23. The highest BCUT2D eigenvalue weighted by molar-refractivity contribution is 5.78. The molecule has 0 atom stereocenters. The molecule has 1 aromatic rings. The van der Waals surface area contributed by atoms with Crippen molar-refractivity contribution >= 4 is 5.91 Å². The van der Waals surface area contributed by atoms with Gasteiger partial charge in [0.05, 0.1) is 6.54 Å². The molecule has 0 bridgehead atoms. The van der Waals surface area contributed by atoms with Gasteiger partial charge in [-0.05, 0) is 50.0 Å². The van der Waals surface area contributed by atoms with E-state index in [1.54, 1.807) is 12.4 Å². The topological polar surface area (TPSA) is 36.4 Å². The molecule has 1 aliphatic heterocycles. The lowest BCUT2D eigenvalue weighted by Crippen LogP contribution is -2.39. The smallest absolute Gasteiger partial charge is 0.236 e. The van der Waals surface area contributed by atoms with E-state index in [2.05, 4.69) is 9.88 Å². The SMILES string of the molecule is CN(CCc1ccncc1)C(=O)CN1CCCCCC1. The number of rotatable bonds is 5. The molecule has 4 nitrogen and oxygen atoms in total. The van der Waals surface area contributed by atoms with Crippen molar-refractivity contribution in [1.82, 2.24) is 14.8 Å². The second-order valence-corrected chi connectivity index (χ2v) is 5.61. The quantitative estimate of drug-likeness (QED) is 0.824. The molecule has 20 heavy (non-hydrogen) atoms. The Morgan fingerprint density at radius 1 is 1.20 bits per heavy atom. The van der Waals surface area contributed by atoms with Gasteiger partial charge in [-0.25, -0.2) is 0 Å². The molecule has 0 N–H and O–H groups in total. The van der Waals surface area contributed by atoms with E-state index in [1.807, 2.05) is 24.1 Å². The van der Waals surface area contributed by atoms with Gasteiger partial charge in [0.2, 0.25) is 5.91 Å². The molecule has 0 spiro atoms. The summed E-state index contributed by atoms with van der Waals surface area (Å²) >= 11 is 0. The molecule has 0 saturated carbocycles. The van der Waals surface area contributed by atoms with Crippen LogP contribution in [0.4, 0.5) is 0 Å². The van der Waals surface area contributed by atoms with Crippen LogP contribution in [0.3, 0.4) is 0 Å². The molecule has 0 aromatic carbocycles. The normalized spacial score (nSPS) is 16.6. The summed E-state index contributed by atoms with van der Waals surface area (Å²) in [5.74, 6) is 0.237. The lowest BCUT2D eigenvalue weighted by Gasteiger charge is -2.23. The highest BCUT2D eigenvalue weighted by atomic mass is 16.2. The van der Waals surface area contributed by atoms with Crippen LogP contribution in [0.2, 0.25) is 0 Å². The molecule has 0 aliphatic carbocycles. The molecule has 2 heterocycles. The predicted molar refractivity (Wildman–Crippen MR) is 80.5 cm³/mol. The maximum absolute atomic E-state index is 12.2. The first-order valence-electron chi connectivity index (χ1n) is 7.61. The third-order valence-electron chi connectivity index (χ3n) is 3.97. The number of hydrogen-bond donors (Lipinski definition) is 0. The summed E-state index contributed by atoms with van der Waals surface area (Å²) in [7, 11) is 1.90. The van der Waals surface area contributed by atoms with E-state index < -0.39 is 0 Å². The Labute approximate surface area is 121 Å². The van der Waals surface area contributed by atoms with Gasteiger partial charge in [0.1, 0.15) is 0 Å². The van der Waals surface area contributed by atoms with Crippen LogP contribution >= 0.6 is 0 Å². The lowest BCUT2D eigenvalue weighted by molar-refractivity contribution is -0.131. The number of pyridine rings is 1. The number of carbonyl (C=O) groups is 1. The van der Waals surface area contributed by atoms with Gasteiger partial charge in [-0.1, -0.05) is 12.8 Å². The van der Waals surface area contributed by atoms with Crippen molar-refractivity contribution in [3.8, 4) is 0 Å². The van der Waals surface area contributed by atoms with Gasteiger partial charge >= 0.3 is 0 Å². The molecule has 4 heteroatoms. The van der Waals surface area contributed by atoms with Crippen LogP contribution in [0, 0.1) is 0 Å². The summed E-state index contributed by atoms with van der Waals surface area (Å²) < 4.78 is 0. The Morgan fingerprint density at radius 2 is 1.85 bits per heavy atom. The van der Waals surface area contributed by atoms with Gasteiger partial charge in [0, 0.05) is 26.0 Å². The second kappa shape index (κ2) is 8.00. The minimum absolute atomic E-state index is 0.237. The number of aromatic nitrogens is 1. The number of likely N-dealkylation sites (N-methyl/N-ethyl adjacent to an activating group) is 1. The van der Waals surface area contributed by atoms with E-state index in [0.29, 0.717) is 6.54 Å². The Hall–Kier alpha value is -1.42. The van der Waals surface area contributed by atoms with E-state index in [-0.39, 0.29) is 5.91 Å². The molecule has 110 valence electrons. The van der Waals surface area contributed by atoms with Gasteiger partial charge in [-0.2, -0.15) is 0 Å². The predicted octanol–water partition coefficient (Wildman–Crippen LogP) is 1.96. The van der Waals surface area contributed by atoms with Crippen LogP contribution in [-0.4, -0.2) is 53.9 Å². The minimum atomic E-state index is 0.237. The first-order chi connectivity index (χ1) is 9.75. The first-order valence-corrected chi connectivity index (χ1v) is 7.61. The van der Waals surface area contributed by atoms with Crippen LogP contribution in [0.25, 0.3) is 0 Å². The van der Waals surface area contributed by atoms with Crippen molar-refractivity contribution in [3.63, 3.8) is 0 Å². The zero-order valence-corrected chi connectivity index (χ0v) is 12.4. The molecule has 0 radical (unpaired) electrons. The summed E-state index contributed by atoms with van der Waals surface area (Å²) in [6.45, 7) is 3.50. The van der Waals surface area contributed by atoms with Crippen LogP contribution in [-0.2, 0) is 11.2 Å². The van der Waals surface area contributed by atoms with Gasteiger partial charge in [-0.15, -0.1) is 0 Å². The Balaban J connectivity index is 1.73. The standard InChI is InChI=1S/C16H25N3O/c1-18(13-8-15-6-9-17-10-7-15)16(20)14-19-11-4-2-3-5-12-19/h6-7,9-10H,2-5,8,11-14H2,1H3. The van der Waals surface area contributed by atoms with Crippen molar-refractivity contribution in [2.45, 2.75) is 32.1 Å². The van der Waals surface area contributed by atoms with Gasteiger partial charge < -0.3 is 4.90 Å². The number of amides is 1. The maximum atomic E-state index is 12.2. The molecule has 0 unspecified atom stereocenters. The molecule has 1 fully saturated rings. The van der Waals surface area contributed by atoms with Crippen molar-refractivity contribution in [3.05, 3.63) is 30.1 Å². The minimum Gasteiger partial charge on any atom is -0.344 e. The van der Waals surface area contributed by atoms with Crippen LogP contribution < -0.4 is 0 Å². The summed E-state index contributed by atoms with van der Waals surface area (Å²) in [6.07, 6.45) is 9.57. The lowest BCUT2D eigenvalue weighted by atomic mass is 10.2. The van der Waals surface area contributed by atoms with Crippen molar-refractivity contribution in [2.24, 2.45) is 0 Å². The average molecular weight is 275 g/mol. The molecular weight excluding hydrogens is 250 g/mol. The van der Waals surface area contributed by atoms with Crippen LogP contribution in [0.5, 0.6) is 0 Å². The van der Waals surface area contributed by atoms with E-state index in [1.165, 1.54) is 31.2 Å². The summed E-state index contributed by atoms with van der Waals surface area (Å²) in [5, 5.41) is 0. The molecule has 1 amide bonds. The van der Waals surface area contributed by atoms with Crippen molar-refractivity contribution in [1.29, 1.82) is 0 Å². The second-order valence-electron chi connectivity index (χ2n) is 5.61. The molecule has 1 saturated heterocycles. The molecular formula is C16H25N3O.